The third-order valence-corrected chi connectivity index (χ3v) is 12.2. The monoisotopic (exact) mass is 771 g/mol. The summed E-state index contributed by atoms with van der Waals surface area (Å²) < 4.78 is 11.2. The largest absolute Gasteiger partial charge is 0.457 e. The van der Waals surface area contributed by atoms with E-state index in [1.165, 1.54) is 44.3 Å². The minimum atomic E-state index is 0.336. The first-order valence-electron chi connectivity index (χ1n) is 21.0. The molecule has 59 heavy (non-hydrogen) atoms. The molecule has 0 bridgehead atoms. The highest BCUT2D eigenvalue weighted by atomic mass is 16.5. The fourth-order valence-corrected chi connectivity index (χ4v) is 9.42. The van der Waals surface area contributed by atoms with Gasteiger partial charge in [0.1, 0.15) is 28.4 Å². The van der Waals surface area contributed by atoms with Gasteiger partial charge in [0.15, 0.2) is 0 Å². The van der Waals surface area contributed by atoms with E-state index in [0.29, 0.717) is 23.7 Å². The van der Waals surface area contributed by atoms with E-state index in [9.17, 15) is 0 Å². The molecule has 0 amide bonds. The zero-order valence-corrected chi connectivity index (χ0v) is 35.1. The Hall–Kier alpha value is -6.53. The molecule has 0 saturated carbocycles. The number of hydrogen-bond acceptors (Lipinski definition) is 4. The summed E-state index contributed by atoms with van der Waals surface area (Å²) in [7, 11) is 0. The Morgan fingerprint density at radius 2 is 1.00 bits per heavy atom. The van der Waals surface area contributed by atoms with Crippen LogP contribution in [0.25, 0.3) is 77.2 Å². The van der Waals surface area contributed by atoms with Gasteiger partial charge in [0.2, 0.25) is 0 Å². The van der Waals surface area contributed by atoms with Crippen LogP contribution in [0.15, 0.2) is 128 Å². The molecule has 6 heteroatoms. The Balaban J connectivity index is 1.22. The summed E-state index contributed by atoms with van der Waals surface area (Å²) in [5.41, 5.74) is 14.2. The summed E-state index contributed by atoms with van der Waals surface area (Å²) in [6.07, 6.45) is 7.72. The summed E-state index contributed by atoms with van der Waals surface area (Å²) >= 11 is 0. The Bertz CT molecular complexity index is 3220. The van der Waals surface area contributed by atoms with Crippen LogP contribution < -0.4 is 4.74 Å². The Labute approximate surface area is 345 Å². The molecule has 292 valence electrons. The summed E-state index contributed by atoms with van der Waals surface area (Å²) in [6.45, 7) is 18.4. The Morgan fingerprint density at radius 3 is 1.63 bits per heavy atom. The number of benzene rings is 5. The van der Waals surface area contributed by atoms with Crippen molar-refractivity contribution in [3.63, 3.8) is 0 Å². The number of fused-ring (bicyclic) bond motifs is 12. The molecule has 5 heterocycles. The van der Waals surface area contributed by atoms with Crippen LogP contribution in [0.5, 0.6) is 11.5 Å². The Morgan fingerprint density at radius 1 is 0.458 bits per heavy atom. The maximum atomic E-state index is 6.74. The highest BCUT2D eigenvalue weighted by Gasteiger charge is 2.23. The zero-order valence-electron chi connectivity index (χ0n) is 35.1. The molecule has 10 aromatic rings. The van der Waals surface area contributed by atoms with Crippen molar-refractivity contribution in [2.75, 3.05) is 0 Å². The molecule has 0 N–H and O–H groups in total. The van der Waals surface area contributed by atoms with Crippen molar-refractivity contribution in [1.29, 1.82) is 0 Å². The number of pyridine rings is 3. The maximum Gasteiger partial charge on any atom is 0.146 e. The lowest BCUT2D eigenvalue weighted by Gasteiger charge is -2.22. The number of nitrogens with zero attached hydrogens (tertiary/aromatic N) is 5. The third kappa shape index (κ3) is 5.87. The zero-order chi connectivity index (χ0) is 40.7. The number of imidazole rings is 2. The number of rotatable bonds is 8. The van der Waals surface area contributed by atoms with Gasteiger partial charge in [-0.25, -0.2) is 15.0 Å². The van der Waals surface area contributed by atoms with Crippen LogP contribution in [0.2, 0.25) is 0 Å². The van der Waals surface area contributed by atoms with Gasteiger partial charge in [-0.2, -0.15) is 0 Å². The summed E-state index contributed by atoms with van der Waals surface area (Å²) in [5, 5.41) is 6.54. The van der Waals surface area contributed by atoms with Crippen LogP contribution >= 0.6 is 0 Å². The summed E-state index contributed by atoms with van der Waals surface area (Å²) in [6, 6.07) is 37.5. The van der Waals surface area contributed by atoms with E-state index in [-0.39, 0.29) is 0 Å². The van der Waals surface area contributed by atoms with Crippen molar-refractivity contribution < 1.29 is 4.74 Å². The SMILES string of the molecule is CC(C)c1cccc(C(C)C)c1-c1ccc2c3ccc(Oc4ccc5c6cccnc6n6ccnc6c5c4)cc3c3ncc(-c4c(C(C)C)cccc4C(C)C)n3c2c1. The van der Waals surface area contributed by atoms with Crippen molar-refractivity contribution in [3.05, 3.63) is 150 Å². The Kier molecular flexibility index (Phi) is 8.78. The van der Waals surface area contributed by atoms with E-state index in [1.54, 1.807) is 0 Å². The molecule has 0 aliphatic heterocycles. The molecule has 0 fully saturated rings. The second kappa shape index (κ2) is 14.1. The second-order valence-corrected chi connectivity index (χ2v) is 17.3. The van der Waals surface area contributed by atoms with Crippen LogP contribution in [-0.4, -0.2) is 23.8 Å². The first-order chi connectivity index (χ1) is 28.6. The highest BCUT2D eigenvalue weighted by molar-refractivity contribution is 6.14. The highest BCUT2D eigenvalue weighted by Crippen LogP contribution is 2.43. The predicted octanol–water partition coefficient (Wildman–Crippen LogP) is 14.6. The predicted molar refractivity (Wildman–Crippen MR) is 246 cm³/mol. The van der Waals surface area contributed by atoms with E-state index in [1.807, 2.05) is 35.1 Å². The molecular weight excluding hydrogens is 723 g/mol. The molecule has 0 saturated heterocycles. The van der Waals surface area contributed by atoms with Crippen molar-refractivity contribution in [2.45, 2.75) is 79.1 Å². The first-order valence-corrected chi connectivity index (χ1v) is 21.0. The van der Waals surface area contributed by atoms with Gasteiger partial charge in [-0.1, -0.05) is 104 Å². The second-order valence-electron chi connectivity index (χ2n) is 17.3. The molecule has 0 unspecified atom stereocenters. The summed E-state index contributed by atoms with van der Waals surface area (Å²) in [4.78, 5) is 14.7. The van der Waals surface area contributed by atoms with Crippen molar-refractivity contribution in [2.24, 2.45) is 0 Å². The van der Waals surface area contributed by atoms with Crippen molar-refractivity contribution in [3.8, 4) is 33.9 Å². The molecule has 5 aromatic carbocycles. The molecule has 0 radical (unpaired) electrons. The minimum Gasteiger partial charge on any atom is -0.457 e. The van der Waals surface area contributed by atoms with Gasteiger partial charge in [-0.05, 0) is 122 Å². The lowest BCUT2D eigenvalue weighted by Crippen LogP contribution is -2.03. The van der Waals surface area contributed by atoms with Gasteiger partial charge in [0.25, 0.3) is 0 Å². The fraction of sp³-hybridized carbons (Fsp3) is 0.226. The normalized spacial score (nSPS) is 12.3. The van der Waals surface area contributed by atoms with Crippen LogP contribution in [0.1, 0.15) is 101 Å². The van der Waals surface area contributed by atoms with Gasteiger partial charge in [0, 0.05) is 45.7 Å². The standard InChI is InChI=1S/C53H49N5O/c1-30(2)37-12-9-13-38(31(3)4)49(37)34-17-20-43-41-21-18-36(59-35-19-22-42-44-16-11-23-54-51(44)57-25-24-55-52(57)45(42)27-35)28-46(41)53-56-29-48(58(53)47(43)26-34)50-39(32(5)6)14-10-15-40(50)33(7)8/h9-33H,1-8H3. The lowest BCUT2D eigenvalue weighted by atomic mass is 9.84. The molecule has 10 rings (SSSR count). The van der Waals surface area contributed by atoms with Gasteiger partial charge in [-0.3, -0.25) is 8.80 Å². The minimum absolute atomic E-state index is 0.336. The molecular formula is C53H49N5O. The summed E-state index contributed by atoms with van der Waals surface area (Å²) in [5.74, 6) is 2.93. The quantitative estimate of drug-likeness (QED) is 0.144. The van der Waals surface area contributed by atoms with E-state index in [4.69, 9.17) is 14.7 Å². The topological polar surface area (TPSA) is 56.7 Å². The van der Waals surface area contributed by atoms with E-state index < -0.39 is 0 Å². The molecule has 0 aliphatic rings. The van der Waals surface area contributed by atoms with Gasteiger partial charge in [-0.15, -0.1) is 0 Å². The van der Waals surface area contributed by atoms with E-state index in [0.717, 1.165) is 66.6 Å². The average molecular weight is 772 g/mol. The van der Waals surface area contributed by atoms with Crippen LogP contribution in [0.3, 0.4) is 0 Å². The first kappa shape index (κ1) is 36.8. The van der Waals surface area contributed by atoms with E-state index in [2.05, 4.69) is 162 Å². The van der Waals surface area contributed by atoms with Gasteiger partial charge >= 0.3 is 0 Å². The molecule has 0 atom stereocenters. The van der Waals surface area contributed by atoms with Gasteiger partial charge < -0.3 is 4.74 Å². The van der Waals surface area contributed by atoms with Crippen LogP contribution in [0, 0.1) is 0 Å². The number of hydrogen-bond donors (Lipinski definition) is 0. The van der Waals surface area contributed by atoms with Gasteiger partial charge in [0.05, 0.1) is 17.4 Å². The molecule has 6 nitrogen and oxygen atoms in total. The van der Waals surface area contributed by atoms with Crippen LogP contribution in [-0.2, 0) is 0 Å². The maximum absolute atomic E-state index is 6.74. The third-order valence-electron chi connectivity index (χ3n) is 12.2. The number of aromatic nitrogens is 5. The smallest absolute Gasteiger partial charge is 0.146 e. The fourth-order valence-electron chi connectivity index (χ4n) is 9.42. The molecule has 5 aromatic heterocycles. The van der Waals surface area contributed by atoms with E-state index >= 15 is 0 Å². The lowest BCUT2D eigenvalue weighted by molar-refractivity contribution is 0.484. The average Bonchev–Trinajstić information content (AvgIpc) is 3.92. The molecule has 0 spiro atoms. The molecule has 0 aliphatic carbocycles. The van der Waals surface area contributed by atoms with Crippen molar-refractivity contribution >= 4 is 54.8 Å². The van der Waals surface area contributed by atoms with Crippen LogP contribution in [0.4, 0.5) is 0 Å². The number of ether oxygens (including phenoxy) is 1. The van der Waals surface area contributed by atoms with Crippen molar-refractivity contribution in [1.82, 2.24) is 23.8 Å².